The normalized spacial score (nSPS) is 10.2. The first-order valence-electron chi connectivity index (χ1n) is 5.61. The molecule has 0 saturated carbocycles. The lowest BCUT2D eigenvalue weighted by atomic mass is 10.2. The number of phenols is 1. The average molecular weight is 312 g/mol. The molecule has 0 amide bonds. The number of carbonyl (C=O) groups excluding carboxylic acids is 1. The minimum Gasteiger partial charge on any atom is -0.507 e. The van der Waals surface area contributed by atoms with Gasteiger partial charge in [-0.25, -0.2) is 9.36 Å². The Morgan fingerprint density at radius 2 is 1.38 bits per heavy atom. The fourth-order valence-electron chi connectivity index (χ4n) is 1.30. The number of para-hydroxylation sites is 2. The molecular formula is C13H13O7P. The molecule has 4 N–H and O–H groups in total. The Morgan fingerprint density at radius 1 is 0.905 bits per heavy atom. The van der Waals surface area contributed by atoms with E-state index in [9.17, 15) is 9.90 Å². The van der Waals surface area contributed by atoms with Gasteiger partial charge in [0, 0.05) is 0 Å². The third kappa shape index (κ3) is 7.24. The zero-order valence-corrected chi connectivity index (χ0v) is 11.6. The highest BCUT2D eigenvalue weighted by atomic mass is 31.2. The summed E-state index contributed by atoms with van der Waals surface area (Å²) in [7, 11) is -4.64. The third-order valence-corrected chi connectivity index (χ3v) is 2.08. The summed E-state index contributed by atoms with van der Waals surface area (Å²) in [5.41, 5.74) is 0.159. The van der Waals surface area contributed by atoms with Crippen LogP contribution in [0.2, 0.25) is 0 Å². The monoisotopic (exact) mass is 312 g/mol. The summed E-state index contributed by atoms with van der Waals surface area (Å²) in [6, 6.07) is 15.0. The van der Waals surface area contributed by atoms with Crippen molar-refractivity contribution in [3.05, 3.63) is 60.2 Å². The van der Waals surface area contributed by atoms with Crippen molar-refractivity contribution >= 4 is 13.8 Å². The standard InChI is InChI=1S/C13H10O3.H3O4P/c14-12-9-5-4-8-11(12)13(15)16-10-6-2-1-3-7-10;1-5(2,3)4/h1-9,14H;(H3,1,2,3,4). The van der Waals surface area contributed by atoms with Gasteiger partial charge in [-0.05, 0) is 24.3 Å². The molecule has 7 nitrogen and oxygen atoms in total. The van der Waals surface area contributed by atoms with Gasteiger partial charge >= 0.3 is 13.8 Å². The Labute approximate surface area is 120 Å². The minimum absolute atomic E-state index is 0.0802. The Bertz CT molecular complexity index is 628. The van der Waals surface area contributed by atoms with E-state index in [0.717, 1.165) is 0 Å². The maximum Gasteiger partial charge on any atom is 0.466 e. The predicted molar refractivity (Wildman–Crippen MR) is 73.8 cm³/mol. The second-order valence-corrected chi connectivity index (χ2v) is 4.76. The van der Waals surface area contributed by atoms with Crippen molar-refractivity contribution < 1.29 is 33.9 Å². The van der Waals surface area contributed by atoms with Crippen LogP contribution >= 0.6 is 7.82 Å². The summed E-state index contributed by atoms with van der Waals surface area (Å²) in [6.45, 7) is 0. The summed E-state index contributed by atoms with van der Waals surface area (Å²) in [6.07, 6.45) is 0. The molecule has 2 rings (SSSR count). The quantitative estimate of drug-likeness (QED) is 0.378. The highest BCUT2D eigenvalue weighted by molar-refractivity contribution is 7.45. The number of phenolic OH excluding ortho intramolecular Hbond substituents is 1. The predicted octanol–water partition coefficient (Wildman–Crippen LogP) is 1.68. The molecular weight excluding hydrogens is 299 g/mol. The number of benzene rings is 2. The van der Waals surface area contributed by atoms with Crippen LogP contribution < -0.4 is 4.74 Å². The van der Waals surface area contributed by atoms with Gasteiger partial charge in [-0.1, -0.05) is 30.3 Å². The maximum absolute atomic E-state index is 11.7. The molecule has 0 aliphatic heterocycles. The molecule has 2 aromatic carbocycles. The van der Waals surface area contributed by atoms with Gasteiger partial charge < -0.3 is 24.5 Å². The molecule has 112 valence electrons. The number of esters is 1. The first-order chi connectivity index (χ1) is 9.77. The van der Waals surface area contributed by atoms with Crippen molar-refractivity contribution in [2.24, 2.45) is 0 Å². The Balaban J connectivity index is 0.000000383. The molecule has 0 bridgehead atoms. The van der Waals surface area contributed by atoms with Gasteiger partial charge in [0.05, 0.1) is 0 Å². The van der Waals surface area contributed by atoms with Gasteiger partial charge in [0.2, 0.25) is 0 Å². The van der Waals surface area contributed by atoms with Gasteiger partial charge in [0.15, 0.2) is 0 Å². The summed E-state index contributed by atoms with van der Waals surface area (Å²) >= 11 is 0. The number of aromatic hydroxyl groups is 1. The van der Waals surface area contributed by atoms with E-state index in [2.05, 4.69) is 0 Å². The smallest absolute Gasteiger partial charge is 0.466 e. The topological polar surface area (TPSA) is 124 Å². The summed E-state index contributed by atoms with van der Waals surface area (Å²) in [5.74, 6) is -0.191. The molecule has 0 radical (unpaired) electrons. The molecule has 0 heterocycles. The van der Waals surface area contributed by atoms with Crippen LogP contribution in [-0.4, -0.2) is 25.8 Å². The number of carbonyl (C=O) groups is 1. The first kappa shape index (κ1) is 16.9. The van der Waals surface area contributed by atoms with Crippen LogP contribution in [0.5, 0.6) is 11.5 Å². The molecule has 8 heteroatoms. The summed E-state index contributed by atoms with van der Waals surface area (Å²) in [4.78, 5) is 33.2. The fourth-order valence-corrected chi connectivity index (χ4v) is 1.30. The first-order valence-corrected chi connectivity index (χ1v) is 7.17. The van der Waals surface area contributed by atoms with Crippen molar-refractivity contribution in [1.29, 1.82) is 0 Å². The van der Waals surface area contributed by atoms with E-state index < -0.39 is 13.8 Å². The fraction of sp³-hybridized carbons (Fsp3) is 0. The average Bonchev–Trinajstić information content (AvgIpc) is 2.38. The van der Waals surface area contributed by atoms with Crippen LogP contribution in [0.3, 0.4) is 0 Å². The van der Waals surface area contributed by atoms with E-state index in [-0.39, 0.29) is 11.3 Å². The largest absolute Gasteiger partial charge is 0.507 e. The number of phosphoric acid groups is 1. The molecule has 0 aromatic heterocycles. The van der Waals surface area contributed by atoms with Crippen molar-refractivity contribution in [2.75, 3.05) is 0 Å². The third-order valence-electron chi connectivity index (χ3n) is 2.08. The van der Waals surface area contributed by atoms with Crippen molar-refractivity contribution in [3.63, 3.8) is 0 Å². The van der Waals surface area contributed by atoms with Crippen LogP contribution in [0, 0.1) is 0 Å². The van der Waals surface area contributed by atoms with E-state index in [0.29, 0.717) is 5.75 Å². The second-order valence-electron chi connectivity index (χ2n) is 3.73. The Morgan fingerprint density at radius 3 is 1.90 bits per heavy atom. The molecule has 2 aromatic rings. The Hall–Kier alpha value is -2.18. The van der Waals surface area contributed by atoms with Gasteiger partial charge in [-0.15, -0.1) is 0 Å². The second kappa shape index (κ2) is 7.56. The van der Waals surface area contributed by atoms with Gasteiger partial charge in [-0.2, -0.15) is 0 Å². The van der Waals surface area contributed by atoms with Gasteiger partial charge in [0.25, 0.3) is 0 Å². The summed E-state index contributed by atoms with van der Waals surface area (Å²) < 4.78 is 14.0. The molecule has 0 unspecified atom stereocenters. The van der Waals surface area contributed by atoms with Crippen molar-refractivity contribution in [3.8, 4) is 11.5 Å². The van der Waals surface area contributed by atoms with Crippen LogP contribution in [0.15, 0.2) is 54.6 Å². The molecule has 0 aliphatic rings. The molecule has 0 aliphatic carbocycles. The lowest BCUT2D eigenvalue weighted by molar-refractivity contribution is 0.0731. The maximum atomic E-state index is 11.7. The molecule has 0 fully saturated rings. The molecule has 0 spiro atoms. The highest BCUT2D eigenvalue weighted by Gasteiger charge is 2.12. The number of hydrogen-bond donors (Lipinski definition) is 4. The lowest BCUT2D eigenvalue weighted by Crippen LogP contribution is -2.08. The van der Waals surface area contributed by atoms with E-state index >= 15 is 0 Å². The Kier molecular flexibility index (Phi) is 6.08. The zero-order chi connectivity index (χ0) is 15.9. The summed E-state index contributed by atoms with van der Waals surface area (Å²) in [5, 5.41) is 9.46. The lowest BCUT2D eigenvalue weighted by Gasteiger charge is -2.04. The van der Waals surface area contributed by atoms with Crippen molar-refractivity contribution in [2.45, 2.75) is 0 Å². The zero-order valence-electron chi connectivity index (χ0n) is 10.7. The van der Waals surface area contributed by atoms with Crippen LogP contribution in [0.25, 0.3) is 0 Å². The number of ether oxygens (including phenoxy) is 1. The van der Waals surface area contributed by atoms with E-state index in [1.165, 1.54) is 12.1 Å². The molecule has 0 atom stereocenters. The molecule has 21 heavy (non-hydrogen) atoms. The van der Waals surface area contributed by atoms with Crippen LogP contribution in [-0.2, 0) is 4.57 Å². The van der Waals surface area contributed by atoms with Crippen molar-refractivity contribution in [1.82, 2.24) is 0 Å². The SMILES string of the molecule is O=C(Oc1ccccc1)c1ccccc1O.O=P(O)(O)O. The van der Waals surface area contributed by atoms with E-state index in [1.807, 2.05) is 6.07 Å². The number of hydrogen-bond acceptors (Lipinski definition) is 4. The van der Waals surface area contributed by atoms with E-state index in [1.54, 1.807) is 36.4 Å². The molecule has 0 saturated heterocycles. The van der Waals surface area contributed by atoms with E-state index in [4.69, 9.17) is 24.0 Å². The van der Waals surface area contributed by atoms with Crippen LogP contribution in [0.4, 0.5) is 0 Å². The number of rotatable bonds is 2. The van der Waals surface area contributed by atoms with Gasteiger partial charge in [0.1, 0.15) is 17.1 Å². The van der Waals surface area contributed by atoms with Gasteiger partial charge in [-0.3, -0.25) is 0 Å². The highest BCUT2D eigenvalue weighted by Crippen LogP contribution is 2.25. The van der Waals surface area contributed by atoms with Crippen LogP contribution in [0.1, 0.15) is 10.4 Å². The minimum atomic E-state index is -4.64.